The van der Waals surface area contributed by atoms with Crippen molar-refractivity contribution in [1.29, 1.82) is 0 Å². The van der Waals surface area contributed by atoms with Crippen LogP contribution in [0.15, 0.2) is 95.9 Å². The molecule has 4 aromatic rings. The molecule has 1 aliphatic heterocycles. The number of hydrogen-bond donors (Lipinski definition) is 1. The molecule has 0 aliphatic carbocycles. The summed E-state index contributed by atoms with van der Waals surface area (Å²) in [4.78, 5) is 13.5. The van der Waals surface area contributed by atoms with Crippen LogP contribution in [-0.4, -0.2) is 27.0 Å². The lowest BCUT2D eigenvalue weighted by molar-refractivity contribution is -0.127. The summed E-state index contributed by atoms with van der Waals surface area (Å²) in [5.74, 6) is -0.00388. The molecule has 1 aliphatic rings. The summed E-state index contributed by atoms with van der Waals surface area (Å²) in [7, 11) is -3.93. The molecule has 190 valence electrons. The Labute approximate surface area is 217 Å². The smallest absolute Gasteiger partial charge is 0.264 e. The average molecular weight is 515 g/mol. The van der Waals surface area contributed by atoms with Gasteiger partial charge in [-0.15, -0.1) is 0 Å². The Morgan fingerprint density at radius 2 is 1.65 bits per heavy atom. The van der Waals surface area contributed by atoms with E-state index in [1.54, 1.807) is 36.4 Å². The van der Waals surface area contributed by atoms with Gasteiger partial charge in [-0.1, -0.05) is 87.5 Å². The van der Waals surface area contributed by atoms with Crippen LogP contribution in [0.4, 0.5) is 5.69 Å². The molecule has 0 saturated heterocycles. The molecule has 0 radical (unpaired) electrons. The van der Waals surface area contributed by atoms with E-state index in [1.165, 1.54) is 4.31 Å². The average Bonchev–Trinajstić information content (AvgIpc) is 2.90. The number of ether oxygens (including phenoxy) is 1. The number of carbonyl (C=O) groups excluding carboxylic acids is 1. The van der Waals surface area contributed by atoms with E-state index >= 15 is 0 Å². The van der Waals surface area contributed by atoms with Crippen molar-refractivity contribution in [2.24, 2.45) is 0 Å². The van der Waals surface area contributed by atoms with Crippen molar-refractivity contribution >= 4 is 32.4 Å². The summed E-state index contributed by atoms with van der Waals surface area (Å²) < 4.78 is 34.9. The Bertz CT molecular complexity index is 1550. The van der Waals surface area contributed by atoms with Crippen LogP contribution in [0.5, 0.6) is 5.75 Å². The molecule has 1 N–H and O–H groups in total. The molecule has 0 bridgehead atoms. The van der Waals surface area contributed by atoms with Crippen LogP contribution < -0.4 is 14.4 Å². The van der Waals surface area contributed by atoms with Gasteiger partial charge in [0, 0.05) is 6.54 Å². The van der Waals surface area contributed by atoms with Gasteiger partial charge in [-0.25, -0.2) is 8.42 Å². The Morgan fingerprint density at radius 3 is 2.41 bits per heavy atom. The molecular weight excluding hydrogens is 484 g/mol. The summed E-state index contributed by atoms with van der Waals surface area (Å²) >= 11 is 0. The zero-order valence-electron chi connectivity index (χ0n) is 21.1. The Kier molecular flexibility index (Phi) is 6.42. The number of anilines is 1. The van der Waals surface area contributed by atoms with E-state index in [2.05, 4.69) is 26.1 Å². The molecule has 1 atom stereocenters. The zero-order chi connectivity index (χ0) is 26.2. The number of amides is 1. The third kappa shape index (κ3) is 4.91. The molecule has 4 aromatic carbocycles. The van der Waals surface area contributed by atoms with Gasteiger partial charge in [-0.05, 0) is 51.6 Å². The zero-order valence-corrected chi connectivity index (χ0v) is 22.0. The van der Waals surface area contributed by atoms with E-state index < -0.39 is 16.1 Å². The second kappa shape index (κ2) is 9.56. The van der Waals surface area contributed by atoms with E-state index in [0.29, 0.717) is 18.0 Å². The van der Waals surface area contributed by atoms with Crippen LogP contribution in [-0.2, 0) is 26.8 Å². The molecular formula is C30H30N2O4S. The number of nitrogens with zero attached hydrogens (tertiary/aromatic N) is 1. The molecule has 6 nitrogen and oxygen atoms in total. The number of nitrogens with one attached hydrogen (secondary N) is 1. The van der Waals surface area contributed by atoms with E-state index in [1.807, 2.05) is 54.6 Å². The van der Waals surface area contributed by atoms with Crippen LogP contribution in [0.2, 0.25) is 0 Å². The molecule has 1 amide bonds. The highest BCUT2D eigenvalue weighted by Gasteiger charge is 2.38. The Morgan fingerprint density at radius 1 is 0.946 bits per heavy atom. The number of carbonyl (C=O) groups is 1. The summed E-state index contributed by atoms with van der Waals surface area (Å²) in [6.07, 6.45) is -0.999. The SMILES string of the molecule is CC(C)(C)c1ccc2c(c1)N(S(=O)(=O)c1ccccc1)C[C@@H](C(=O)NCc1cccc3ccccc13)O2. The fraction of sp³-hybridized carbons (Fsp3) is 0.233. The molecule has 0 aromatic heterocycles. The van der Waals surface area contributed by atoms with Crippen molar-refractivity contribution in [2.75, 3.05) is 10.8 Å². The summed E-state index contributed by atoms with van der Waals surface area (Å²) in [6.45, 7) is 6.38. The van der Waals surface area contributed by atoms with Crippen molar-refractivity contribution in [2.45, 2.75) is 43.7 Å². The van der Waals surface area contributed by atoms with Crippen LogP contribution in [0.1, 0.15) is 31.9 Å². The maximum absolute atomic E-state index is 13.7. The van der Waals surface area contributed by atoms with Gasteiger partial charge < -0.3 is 10.1 Å². The van der Waals surface area contributed by atoms with E-state index in [9.17, 15) is 13.2 Å². The van der Waals surface area contributed by atoms with Gasteiger partial charge in [-0.2, -0.15) is 0 Å². The van der Waals surface area contributed by atoms with Crippen LogP contribution in [0.3, 0.4) is 0 Å². The normalized spacial score (nSPS) is 15.6. The number of rotatable bonds is 5. The number of benzene rings is 4. The van der Waals surface area contributed by atoms with Gasteiger partial charge in [0.2, 0.25) is 0 Å². The molecule has 1 heterocycles. The summed E-state index contributed by atoms with van der Waals surface area (Å²) in [5.41, 5.74) is 2.20. The summed E-state index contributed by atoms with van der Waals surface area (Å²) in [6, 6.07) is 27.7. The molecule has 0 unspecified atom stereocenters. The minimum absolute atomic E-state index is 0.126. The van der Waals surface area contributed by atoms with Crippen molar-refractivity contribution in [3.63, 3.8) is 0 Å². The van der Waals surface area contributed by atoms with Gasteiger partial charge in [0.1, 0.15) is 5.75 Å². The molecule has 7 heteroatoms. The van der Waals surface area contributed by atoms with Gasteiger partial charge in [-0.3, -0.25) is 9.10 Å². The molecule has 0 fully saturated rings. The van der Waals surface area contributed by atoms with Crippen molar-refractivity contribution < 1.29 is 17.9 Å². The van der Waals surface area contributed by atoms with Crippen molar-refractivity contribution in [1.82, 2.24) is 5.32 Å². The van der Waals surface area contributed by atoms with E-state index in [0.717, 1.165) is 21.9 Å². The Hall–Kier alpha value is -3.84. The van der Waals surface area contributed by atoms with Gasteiger partial charge in [0.25, 0.3) is 15.9 Å². The van der Waals surface area contributed by atoms with E-state index in [4.69, 9.17) is 4.74 Å². The van der Waals surface area contributed by atoms with Crippen molar-refractivity contribution in [3.8, 4) is 5.75 Å². The lowest BCUT2D eigenvalue weighted by Gasteiger charge is -2.36. The van der Waals surface area contributed by atoms with Gasteiger partial charge >= 0.3 is 0 Å². The van der Waals surface area contributed by atoms with Crippen LogP contribution in [0, 0.1) is 0 Å². The van der Waals surface area contributed by atoms with Crippen LogP contribution in [0.25, 0.3) is 10.8 Å². The summed E-state index contributed by atoms with van der Waals surface area (Å²) in [5, 5.41) is 5.10. The minimum atomic E-state index is -3.93. The predicted molar refractivity (Wildman–Crippen MR) is 146 cm³/mol. The fourth-order valence-corrected chi connectivity index (χ4v) is 6.03. The van der Waals surface area contributed by atoms with Gasteiger partial charge in [0.15, 0.2) is 6.10 Å². The second-order valence-electron chi connectivity index (χ2n) is 10.2. The van der Waals surface area contributed by atoms with Gasteiger partial charge in [0.05, 0.1) is 17.1 Å². The number of fused-ring (bicyclic) bond motifs is 2. The molecule has 0 spiro atoms. The number of sulfonamides is 1. The first-order chi connectivity index (χ1) is 17.6. The standard InChI is InChI=1S/C30H30N2O4S/c1-30(2,3)23-16-17-27-26(18-23)32(37(34,35)24-13-5-4-6-14-24)20-28(36-27)29(33)31-19-22-12-9-11-21-10-7-8-15-25(21)22/h4-18,28H,19-20H2,1-3H3,(H,31,33)/t28-/m0/s1. The first-order valence-corrected chi connectivity index (χ1v) is 13.7. The van der Waals surface area contributed by atoms with Crippen molar-refractivity contribution in [3.05, 3.63) is 102 Å². The largest absolute Gasteiger partial charge is 0.476 e. The molecule has 5 rings (SSSR count). The highest BCUT2D eigenvalue weighted by atomic mass is 32.2. The first kappa shape index (κ1) is 24.8. The maximum Gasteiger partial charge on any atom is 0.264 e. The maximum atomic E-state index is 13.7. The Balaban J connectivity index is 1.46. The fourth-order valence-electron chi connectivity index (χ4n) is 4.54. The lowest BCUT2D eigenvalue weighted by atomic mass is 9.86. The first-order valence-electron chi connectivity index (χ1n) is 12.3. The predicted octanol–water partition coefficient (Wildman–Crippen LogP) is 5.41. The lowest BCUT2D eigenvalue weighted by Crippen LogP contribution is -2.50. The third-order valence-electron chi connectivity index (χ3n) is 6.65. The highest BCUT2D eigenvalue weighted by molar-refractivity contribution is 7.92. The second-order valence-corrected chi connectivity index (χ2v) is 12.1. The molecule has 37 heavy (non-hydrogen) atoms. The highest BCUT2D eigenvalue weighted by Crippen LogP contribution is 2.40. The quantitative estimate of drug-likeness (QED) is 0.386. The molecule has 0 saturated carbocycles. The minimum Gasteiger partial charge on any atom is -0.476 e. The topological polar surface area (TPSA) is 75.7 Å². The number of hydrogen-bond acceptors (Lipinski definition) is 4. The monoisotopic (exact) mass is 514 g/mol. The van der Waals surface area contributed by atoms with E-state index in [-0.39, 0.29) is 22.8 Å². The third-order valence-corrected chi connectivity index (χ3v) is 8.45. The van der Waals surface area contributed by atoms with Crippen LogP contribution >= 0.6 is 0 Å².